The van der Waals surface area contributed by atoms with Crippen LogP contribution in [-0.4, -0.2) is 40.4 Å². The minimum Gasteiger partial charge on any atom is -0.440 e. The molecule has 28 heavy (non-hydrogen) atoms. The van der Waals surface area contributed by atoms with Gasteiger partial charge < -0.3 is 4.42 Å². The summed E-state index contributed by atoms with van der Waals surface area (Å²) >= 11 is 7.57. The van der Waals surface area contributed by atoms with Crippen LogP contribution in [0.2, 0.25) is 5.02 Å². The number of hydrogen-bond acceptors (Lipinski definition) is 6. The average Bonchev–Trinajstić information content (AvgIpc) is 3.29. The van der Waals surface area contributed by atoms with Crippen LogP contribution in [-0.2, 0) is 11.3 Å². The van der Waals surface area contributed by atoms with Gasteiger partial charge >= 0.3 is 0 Å². The molecule has 4 rings (SSSR count). The average molecular weight is 419 g/mol. The van der Waals surface area contributed by atoms with Gasteiger partial charge in [0, 0.05) is 36.3 Å². The zero-order valence-electron chi connectivity index (χ0n) is 16.0. The molecule has 0 aliphatic carbocycles. The summed E-state index contributed by atoms with van der Waals surface area (Å²) in [5.74, 6) is 1.18. The Hall–Kier alpha value is -1.96. The van der Waals surface area contributed by atoms with Crippen molar-refractivity contribution in [2.45, 2.75) is 39.2 Å². The number of piperidine rings is 1. The lowest BCUT2D eigenvalue weighted by Crippen LogP contribution is -2.32. The van der Waals surface area contributed by atoms with Gasteiger partial charge in [0.1, 0.15) is 5.52 Å². The van der Waals surface area contributed by atoms with Crippen LogP contribution in [0, 0.1) is 0 Å². The first-order chi connectivity index (χ1) is 13.5. The normalized spacial score (nSPS) is 16.0. The Labute approximate surface area is 173 Å². The molecule has 0 N–H and O–H groups in total. The van der Waals surface area contributed by atoms with E-state index in [0.29, 0.717) is 17.5 Å². The van der Waals surface area contributed by atoms with Gasteiger partial charge in [0.15, 0.2) is 16.6 Å². The highest BCUT2D eigenvalue weighted by Crippen LogP contribution is 2.31. The third-order valence-electron chi connectivity index (χ3n) is 5.16. The van der Waals surface area contributed by atoms with Crippen molar-refractivity contribution in [3.8, 4) is 0 Å². The summed E-state index contributed by atoms with van der Waals surface area (Å²) in [5, 5.41) is 3.51. The molecule has 0 spiro atoms. The van der Waals surface area contributed by atoms with Gasteiger partial charge in [-0.1, -0.05) is 11.6 Å². The van der Waals surface area contributed by atoms with Crippen LogP contribution < -0.4 is 4.90 Å². The number of carbonyl (C=O) groups is 1. The SMILES string of the molecule is CCN(C(C)=O)c1nc(CN2CCC(c3nc4cc(Cl)ccc4o3)CC2)cs1. The van der Waals surface area contributed by atoms with E-state index in [0.717, 1.165) is 60.3 Å². The van der Waals surface area contributed by atoms with Crippen molar-refractivity contribution in [2.75, 3.05) is 24.5 Å². The molecule has 1 aromatic carbocycles. The molecule has 0 unspecified atom stereocenters. The zero-order chi connectivity index (χ0) is 19.7. The fraction of sp³-hybridized carbons (Fsp3) is 0.450. The number of fused-ring (bicyclic) bond motifs is 1. The van der Waals surface area contributed by atoms with Gasteiger partial charge in [-0.25, -0.2) is 9.97 Å². The number of oxazole rings is 1. The van der Waals surface area contributed by atoms with Crippen LogP contribution in [0.5, 0.6) is 0 Å². The van der Waals surface area contributed by atoms with Crippen molar-refractivity contribution < 1.29 is 9.21 Å². The predicted molar refractivity (Wildman–Crippen MR) is 112 cm³/mol. The lowest BCUT2D eigenvalue weighted by Gasteiger charge is -2.29. The number of benzene rings is 1. The second kappa shape index (κ2) is 8.19. The molecule has 1 saturated heterocycles. The molecule has 8 heteroatoms. The molecule has 1 amide bonds. The van der Waals surface area contributed by atoms with Crippen molar-refractivity contribution in [1.29, 1.82) is 0 Å². The lowest BCUT2D eigenvalue weighted by atomic mass is 9.97. The Morgan fingerprint density at radius 2 is 2.14 bits per heavy atom. The fourth-order valence-electron chi connectivity index (χ4n) is 3.65. The van der Waals surface area contributed by atoms with Gasteiger partial charge in [0.25, 0.3) is 0 Å². The van der Waals surface area contributed by atoms with Gasteiger partial charge in [0.2, 0.25) is 5.91 Å². The van der Waals surface area contributed by atoms with Crippen LogP contribution in [0.25, 0.3) is 11.1 Å². The molecule has 6 nitrogen and oxygen atoms in total. The number of rotatable bonds is 5. The molecule has 3 aromatic rings. The summed E-state index contributed by atoms with van der Waals surface area (Å²) in [4.78, 5) is 25.1. The van der Waals surface area contributed by atoms with E-state index in [1.54, 1.807) is 11.8 Å². The van der Waals surface area contributed by atoms with Crippen LogP contribution in [0.4, 0.5) is 5.13 Å². The van der Waals surface area contributed by atoms with Gasteiger partial charge in [-0.2, -0.15) is 0 Å². The predicted octanol–water partition coefficient (Wildman–Crippen LogP) is 4.69. The molecule has 0 radical (unpaired) electrons. The van der Waals surface area contributed by atoms with Crippen LogP contribution in [0.1, 0.15) is 44.2 Å². The number of amides is 1. The molecule has 1 aliphatic heterocycles. The van der Waals surface area contributed by atoms with E-state index in [1.165, 1.54) is 11.3 Å². The van der Waals surface area contributed by atoms with E-state index in [-0.39, 0.29) is 5.91 Å². The highest BCUT2D eigenvalue weighted by molar-refractivity contribution is 7.14. The number of likely N-dealkylation sites (tertiary alicyclic amines) is 1. The molecule has 2 aromatic heterocycles. The minimum atomic E-state index is 0.0313. The van der Waals surface area contributed by atoms with Crippen LogP contribution in [0.3, 0.4) is 0 Å². The van der Waals surface area contributed by atoms with E-state index in [9.17, 15) is 4.79 Å². The largest absolute Gasteiger partial charge is 0.440 e. The molecule has 0 bridgehead atoms. The number of anilines is 1. The van der Waals surface area contributed by atoms with Gasteiger partial charge in [-0.05, 0) is 51.1 Å². The van der Waals surface area contributed by atoms with E-state index in [2.05, 4.69) is 20.2 Å². The molecule has 1 aliphatic rings. The maximum absolute atomic E-state index is 11.7. The number of nitrogens with zero attached hydrogens (tertiary/aromatic N) is 4. The summed E-state index contributed by atoms with van der Waals surface area (Å²) < 4.78 is 5.94. The summed E-state index contributed by atoms with van der Waals surface area (Å²) in [6.07, 6.45) is 2.01. The first kappa shape index (κ1) is 19.4. The maximum atomic E-state index is 11.7. The molecular weight excluding hydrogens is 396 g/mol. The second-order valence-corrected chi connectivity index (χ2v) is 8.37. The van der Waals surface area contributed by atoms with E-state index in [4.69, 9.17) is 16.0 Å². The van der Waals surface area contributed by atoms with Gasteiger partial charge in [-0.15, -0.1) is 11.3 Å². The Kier molecular flexibility index (Phi) is 5.66. The summed E-state index contributed by atoms with van der Waals surface area (Å²) in [7, 11) is 0. The molecule has 0 saturated carbocycles. The number of aromatic nitrogens is 2. The van der Waals surface area contributed by atoms with Crippen molar-refractivity contribution in [3.05, 3.63) is 40.2 Å². The molecule has 1 fully saturated rings. The highest BCUT2D eigenvalue weighted by Gasteiger charge is 2.25. The number of hydrogen-bond donors (Lipinski definition) is 0. The zero-order valence-corrected chi connectivity index (χ0v) is 17.6. The van der Waals surface area contributed by atoms with Crippen LogP contribution >= 0.6 is 22.9 Å². The fourth-order valence-corrected chi connectivity index (χ4v) is 4.74. The Morgan fingerprint density at radius 1 is 1.36 bits per heavy atom. The number of carbonyl (C=O) groups excluding carboxylic acids is 1. The summed E-state index contributed by atoms with van der Waals surface area (Å²) in [5.41, 5.74) is 2.64. The van der Waals surface area contributed by atoms with E-state index in [1.807, 2.05) is 25.1 Å². The van der Waals surface area contributed by atoms with E-state index < -0.39 is 0 Å². The van der Waals surface area contributed by atoms with Crippen molar-refractivity contribution in [1.82, 2.24) is 14.9 Å². The van der Waals surface area contributed by atoms with Crippen molar-refractivity contribution >= 4 is 45.1 Å². The van der Waals surface area contributed by atoms with E-state index >= 15 is 0 Å². The second-order valence-electron chi connectivity index (χ2n) is 7.10. The smallest absolute Gasteiger partial charge is 0.225 e. The summed E-state index contributed by atoms with van der Waals surface area (Å²) in [6.45, 7) is 6.94. The highest BCUT2D eigenvalue weighted by atomic mass is 35.5. The molecule has 0 atom stereocenters. The molecule has 3 heterocycles. The third-order valence-corrected chi connectivity index (χ3v) is 6.30. The Balaban J connectivity index is 1.36. The van der Waals surface area contributed by atoms with Crippen molar-refractivity contribution in [3.63, 3.8) is 0 Å². The minimum absolute atomic E-state index is 0.0313. The number of thiazole rings is 1. The quantitative estimate of drug-likeness (QED) is 0.601. The number of halogens is 1. The first-order valence-electron chi connectivity index (χ1n) is 9.54. The Bertz CT molecular complexity index is 978. The van der Waals surface area contributed by atoms with Crippen molar-refractivity contribution in [2.24, 2.45) is 0 Å². The third kappa shape index (κ3) is 4.06. The monoisotopic (exact) mass is 418 g/mol. The first-order valence-corrected chi connectivity index (χ1v) is 10.8. The lowest BCUT2D eigenvalue weighted by molar-refractivity contribution is -0.116. The Morgan fingerprint density at radius 3 is 2.86 bits per heavy atom. The molecular formula is C20H23ClN4O2S. The topological polar surface area (TPSA) is 62.5 Å². The molecule has 148 valence electrons. The van der Waals surface area contributed by atoms with Gasteiger partial charge in [-0.3, -0.25) is 14.6 Å². The standard InChI is InChI=1S/C20H23ClN4O2S/c1-3-25(13(2)26)20-22-16(12-28-20)11-24-8-6-14(7-9-24)19-23-17-10-15(21)4-5-18(17)27-19/h4-5,10,12,14H,3,6-9,11H2,1-2H3. The summed E-state index contributed by atoms with van der Waals surface area (Å²) in [6, 6.07) is 5.55. The van der Waals surface area contributed by atoms with Gasteiger partial charge in [0.05, 0.1) is 5.69 Å². The maximum Gasteiger partial charge on any atom is 0.225 e. The van der Waals surface area contributed by atoms with Crippen LogP contribution in [0.15, 0.2) is 28.0 Å².